The lowest BCUT2D eigenvalue weighted by atomic mass is 10.1. The first-order chi connectivity index (χ1) is 10.3. The number of benzene rings is 2. The van der Waals surface area contributed by atoms with E-state index in [1.54, 1.807) is 26.0 Å². The second-order valence-electron chi connectivity index (χ2n) is 5.04. The van der Waals surface area contributed by atoms with Crippen molar-refractivity contribution in [3.8, 4) is 0 Å². The van der Waals surface area contributed by atoms with E-state index in [1.807, 2.05) is 37.3 Å². The van der Waals surface area contributed by atoms with Crippen LogP contribution in [-0.4, -0.2) is 14.1 Å². The van der Waals surface area contributed by atoms with Crippen LogP contribution in [0.5, 0.6) is 0 Å². The van der Waals surface area contributed by atoms with Crippen LogP contribution in [0.3, 0.4) is 0 Å². The van der Waals surface area contributed by atoms with E-state index in [0.29, 0.717) is 11.3 Å². The van der Waals surface area contributed by atoms with E-state index in [1.165, 1.54) is 0 Å². The summed E-state index contributed by atoms with van der Waals surface area (Å²) in [6, 6.07) is 12.8. The maximum absolute atomic E-state index is 12.4. The number of hydrogen-bond donors (Lipinski definition) is 1. The van der Waals surface area contributed by atoms with Gasteiger partial charge in [0.05, 0.1) is 10.6 Å². The highest BCUT2D eigenvalue weighted by Gasteiger charge is 2.16. The molecule has 0 radical (unpaired) electrons. The third-order valence-corrected chi connectivity index (χ3v) is 5.27. The van der Waals surface area contributed by atoms with Crippen molar-refractivity contribution >= 4 is 31.7 Å². The molecule has 0 aliphatic heterocycles. The van der Waals surface area contributed by atoms with Crippen molar-refractivity contribution in [3.05, 3.63) is 63.6 Å². The summed E-state index contributed by atoms with van der Waals surface area (Å²) in [5.74, 6) is 0. The highest BCUT2D eigenvalue weighted by atomic mass is 79.9. The second kappa shape index (κ2) is 6.62. The van der Waals surface area contributed by atoms with E-state index in [0.717, 1.165) is 15.6 Å². The largest absolute Gasteiger partial charge is 0.276 e. The molecular weight excluding hydrogens is 364 g/mol. The van der Waals surface area contributed by atoms with Gasteiger partial charge in [-0.2, -0.15) is 18.4 Å². The summed E-state index contributed by atoms with van der Waals surface area (Å²) in [7, 11) is -3.68. The van der Waals surface area contributed by atoms with Crippen molar-refractivity contribution in [1.29, 1.82) is 0 Å². The summed E-state index contributed by atoms with van der Waals surface area (Å²) in [4.78, 5) is 2.55. The molecule has 2 aromatic rings. The van der Waals surface area contributed by atoms with Crippen LogP contribution < -0.4 is 4.83 Å². The van der Waals surface area contributed by atoms with Gasteiger partial charge < -0.3 is 0 Å². The maximum atomic E-state index is 12.4. The van der Waals surface area contributed by atoms with Crippen LogP contribution in [0.4, 0.5) is 0 Å². The smallest absolute Gasteiger partial charge is 0.200 e. The summed E-state index contributed by atoms with van der Waals surface area (Å²) >= 11 is 3.43. The highest BCUT2D eigenvalue weighted by Crippen LogP contribution is 2.18. The molecule has 0 bridgehead atoms. The number of sulfonamides is 1. The van der Waals surface area contributed by atoms with Crippen LogP contribution in [0, 0.1) is 13.8 Å². The number of rotatable bonds is 4. The van der Waals surface area contributed by atoms with E-state index in [9.17, 15) is 8.42 Å². The van der Waals surface area contributed by atoms with Crippen LogP contribution in [0.1, 0.15) is 23.6 Å². The molecule has 22 heavy (non-hydrogen) atoms. The maximum Gasteiger partial charge on any atom is 0.276 e. The zero-order valence-corrected chi connectivity index (χ0v) is 15.0. The van der Waals surface area contributed by atoms with Crippen LogP contribution in [0.2, 0.25) is 0 Å². The van der Waals surface area contributed by atoms with E-state index in [4.69, 9.17) is 0 Å². The van der Waals surface area contributed by atoms with Crippen molar-refractivity contribution in [2.75, 3.05) is 0 Å². The molecule has 0 saturated heterocycles. The molecule has 0 aliphatic rings. The molecule has 0 aromatic heterocycles. The minimum atomic E-state index is -3.68. The molecule has 1 N–H and O–H groups in total. The molecule has 0 heterocycles. The highest BCUT2D eigenvalue weighted by molar-refractivity contribution is 9.10. The molecule has 0 saturated carbocycles. The summed E-state index contributed by atoms with van der Waals surface area (Å²) in [5, 5.41) is 4.02. The molecule has 6 heteroatoms. The molecule has 0 amide bonds. The third-order valence-electron chi connectivity index (χ3n) is 3.23. The van der Waals surface area contributed by atoms with Crippen molar-refractivity contribution in [1.82, 2.24) is 4.83 Å². The van der Waals surface area contributed by atoms with Crippen molar-refractivity contribution in [2.24, 2.45) is 5.10 Å². The molecule has 0 unspecified atom stereocenters. The molecule has 2 aromatic carbocycles. The van der Waals surface area contributed by atoms with Gasteiger partial charge in [-0.15, -0.1) is 0 Å². The van der Waals surface area contributed by atoms with Crippen molar-refractivity contribution in [2.45, 2.75) is 25.7 Å². The topological polar surface area (TPSA) is 58.5 Å². The number of halogens is 1. The van der Waals surface area contributed by atoms with Gasteiger partial charge in [0, 0.05) is 10.0 Å². The van der Waals surface area contributed by atoms with Gasteiger partial charge in [-0.25, -0.2) is 0 Å². The molecule has 0 aliphatic carbocycles. The Kier molecular flexibility index (Phi) is 5.03. The quantitative estimate of drug-likeness (QED) is 0.648. The average molecular weight is 381 g/mol. The Balaban J connectivity index is 2.32. The van der Waals surface area contributed by atoms with Gasteiger partial charge in [-0.1, -0.05) is 46.3 Å². The van der Waals surface area contributed by atoms with Gasteiger partial charge in [0.1, 0.15) is 0 Å². The third kappa shape index (κ3) is 3.75. The Labute approximate surface area is 139 Å². The summed E-state index contributed by atoms with van der Waals surface area (Å²) in [5.41, 5.74) is 3.00. The lowest BCUT2D eigenvalue weighted by Crippen LogP contribution is -2.21. The first-order valence-electron chi connectivity index (χ1n) is 6.69. The van der Waals surface area contributed by atoms with Crippen molar-refractivity contribution in [3.63, 3.8) is 0 Å². The fourth-order valence-corrected chi connectivity index (χ4v) is 3.75. The van der Waals surface area contributed by atoms with Gasteiger partial charge in [0.25, 0.3) is 10.0 Å². The van der Waals surface area contributed by atoms with E-state index in [2.05, 4.69) is 25.9 Å². The minimum absolute atomic E-state index is 0.246. The van der Waals surface area contributed by atoms with Gasteiger partial charge in [0.2, 0.25) is 0 Å². The lowest BCUT2D eigenvalue weighted by Gasteiger charge is -2.09. The van der Waals surface area contributed by atoms with Gasteiger partial charge in [-0.3, -0.25) is 0 Å². The van der Waals surface area contributed by atoms with E-state index in [-0.39, 0.29) is 4.90 Å². The fraction of sp³-hybridized carbons (Fsp3) is 0.188. The standard InChI is InChI=1S/C16H17BrN2O2S/c1-11-8-9-12(2)16(10-11)22(20,21)19-18-13(3)14-6-4-5-7-15(14)17/h4-10,19H,1-3H3/b18-13+. The Hall–Kier alpha value is -1.66. The van der Waals surface area contributed by atoms with Crippen LogP contribution in [0.25, 0.3) is 0 Å². The number of hydrazone groups is 1. The van der Waals surface area contributed by atoms with Crippen LogP contribution in [0.15, 0.2) is 56.9 Å². The van der Waals surface area contributed by atoms with E-state index >= 15 is 0 Å². The molecule has 0 spiro atoms. The zero-order valence-electron chi connectivity index (χ0n) is 12.6. The number of hydrogen-bond acceptors (Lipinski definition) is 3. The predicted octanol–water partition coefficient (Wildman–Crippen LogP) is 3.77. The SMILES string of the molecule is C/C(=N\NS(=O)(=O)c1cc(C)ccc1C)c1ccccc1Br. The van der Waals surface area contributed by atoms with E-state index < -0.39 is 10.0 Å². The first kappa shape index (κ1) is 16.7. The van der Waals surface area contributed by atoms with Gasteiger partial charge in [-0.05, 0) is 44.0 Å². The molecule has 2 rings (SSSR count). The molecular formula is C16H17BrN2O2S. The minimum Gasteiger partial charge on any atom is -0.200 e. The monoisotopic (exact) mass is 380 g/mol. The molecule has 0 fully saturated rings. The molecule has 116 valence electrons. The normalized spacial score (nSPS) is 12.3. The first-order valence-corrected chi connectivity index (χ1v) is 8.97. The Morgan fingerprint density at radius 2 is 1.82 bits per heavy atom. The number of nitrogens with one attached hydrogen (secondary N) is 1. The average Bonchev–Trinajstić information content (AvgIpc) is 2.48. The summed E-state index contributed by atoms with van der Waals surface area (Å²) in [6.07, 6.45) is 0. The van der Waals surface area contributed by atoms with Crippen LogP contribution in [-0.2, 0) is 10.0 Å². The fourth-order valence-electron chi connectivity index (χ4n) is 1.99. The second-order valence-corrected chi connectivity index (χ2v) is 7.52. The Morgan fingerprint density at radius 1 is 1.14 bits per heavy atom. The predicted molar refractivity (Wildman–Crippen MR) is 92.6 cm³/mol. The van der Waals surface area contributed by atoms with Crippen molar-refractivity contribution < 1.29 is 8.42 Å². The lowest BCUT2D eigenvalue weighted by molar-refractivity contribution is 0.583. The molecule has 0 atom stereocenters. The summed E-state index contributed by atoms with van der Waals surface area (Å²) < 4.78 is 25.7. The van der Waals surface area contributed by atoms with Gasteiger partial charge in [0.15, 0.2) is 0 Å². The summed E-state index contributed by atoms with van der Waals surface area (Å²) in [6.45, 7) is 5.37. The van der Waals surface area contributed by atoms with Gasteiger partial charge >= 0.3 is 0 Å². The Morgan fingerprint density at radius 3 is 2.50 bits per heavy atom. The number of aryl methyl sites for hydroxylation is 2. The Bertz CT molecular complexity index is 830. The molecule has 4 nitrogen and oxygen atoms in total. The zero-order chi connectivity index (χ0) is 16.3. The van der Waals surface area contributed by atoms with Crippen LogP contribution >= 0.6 is 15.9 Å². The number of nitrogens with zero attached hydrogens (tertiary/aromatic N) is 1.